The van der Waals surface area contributed by atoms with Crippen LogP contribution in [-0.2, 0) is 9.53 Å². The third kappa shape index (κ3) is 1.42. The zero-order valence-electron chi connectivity index (χ0n) is 8.69. The predicted molar refractivity (Wildman–Crippen MR) is 48.7 cm³/mol. The molecule has 0 saturated carbocycles. The van der Waals surface area contributed by atoms with Crippen molar-refractivity contribution in [3.8, 4) is 0 Å². The van der Waals surface area contributed by atoms with Gasteiger partial charge < -0.3 is 9.84 Å². The predicted octanol–water partition coefficient (Wildman–Crippen LogP) is 0.835. The highest BCUT2D eigenvalue weighted by atomic mass is 16.5. The van der Waals surface area contributed by atoms with Gasteiger partial charge in [-0.1, -0.05) is 0 Å². The van der Waals surface area contributed by atoms with Gasteiger partial charge in [0.05, 0.1) is 6.92 Å². The van der Waals surface area contributed by atoms with Crippen molar-refractivity contribution in [1.29, 1.82) is 0 Å². The topological polar surface area (TPSA) is 63.6 Å². The van der Waals surface area contributed by atoms with E-state index in [1.54, 1.807) is 14.0 Å². The second-order valence-corrected chi connectivity index (χ2v) is 3.80. The Morgan fingerprint density at radius 2 is 2.07 bits per heavy atom. The van der Waals surface area contributed by atoms with Crippen LogP contribution in [0.25, 0.3) is 0 Å². The van der Waals surface area contributed by atoms with Crippen molar-refractivity contribution in [2.45, 2.75) is 32.4 Å². The van der Waals surface area contributed by atoms with E-state index < -0.39 is 10.6 Å². The van der Waals surface area contributed by atoms with Gasteiger partial charge in [-0.2, -0.15) is 9.28 Å². The first-order valence-electron chi connectivity index (χ1n) is 4.60. The van der Waals surface area contributed by atoms with Gasteiger partial charge in [-0.25, -0.2) is 4.79 Å². The molecule has 5 nitrogen and oxygen atoms in total. The number of amides is 2. The van der Waals surface area contributed by atoms with Gasteiger partial charge >= 0.3 is 12.0 Å². The van der Waals surface area contributed by atoms with Gasteiger partial charge in [0.15, 0.2) is 0 Å². The molecule has 2 amide bonds. The van der Waals surface area contributed by atoms with Crippen LogP contribution in [0.2, 0.25) is 0 Å². The van der Waals surface area contributed by atoms with Gasteiger partial charge in [-0.15, -0.1) is 0 Å². The van der Waals surface area contributed by atoms with Crippen LogP contribution in [0.1, 0.15) is 20.3 Å². The fourth-order valence-corrected chi connectivity index (χ4v) is 2.15. The molecule has 1 aliphatic rings. The van der Waals surface area contributed by atoms with E-state index in [1.165, 1.54) is 6.92 Å². The summed E-state index contributed by atoms with van der Waals surface area (Å²) in [6.07, 6.45) is -0.600. The van der Waals surface area contributed by atoms with E-state index in [1.807, 2.05) is 0 Å². The lowest BCUT2D eigenvalue weighted by Gasteiger charge is -2.27. The largest absolute Gasteiger partial charge is 0.521 e. The molecule has 1 rings (SSSR count). The van der Waals surface area contributed by atoms with Crippen molar-refractivity contribution in [3.63, 3.8) is 0 Å². The maximum atomic E-state index is 11.4. The molecule has 1 fully saturated rings. The van der Waals surface area contributed by atoms with Crippen molar-refractivity contribution in [2.24, 2.45) is 0 Å². The molecule has 0 aromatic rings. The minimum atomic E-state index is -1.08. The molecule has 2 unspecified atom stereocenters. The van der Waals surface area contributed by atoms with Crippen molar-refractivity contribution in [3.05, 3.63) is 0 Å². The molecule has 1 saturated heterocycles. The molecule has 0 radical (unpaired) electrons. The van der Waals surface area contributed by atoms with Crippen molar-refractivity contribution in [2.75, 3.05) is 13.7 Å². The monoisotopic (exact) mass is 202 g/mol. The molecule has 0 spiro atoms. The van der Waals surface area contributed by atoms with Crippen molar-refractivity contribution < 1.29 is 23.9 Å². The smallest absolute Gasteiger partial charge is 0.435 e. The van der Waals surface area contributed by atoms with Gasteiger partial charge in [0.25, 0.3) is 0 Å². The zero-order valence-corrected chi connectivity index (χ0v) is 8.69. The summed E-state index contributed by atoms with van der Waals surface area (Å²) >= 11 is 0. The number of carboxylic acid groups (broad SMARTS) is 1. The number of likely N-dealkylation sites (tertiary alicyclic amines) is 1. The average molecular weight is 202 g/mol. The summed E-state index contributed by atoms with van der Waals surface area (Å²) in [6.45, 7) is 3.33. The van der Waals surface area contributed by atoms with E-state index in [4.69, 9.17) is 9.84 Å². The first kappa shape index (κ1) is 11.1. The lowest BCUT2D eigenvalue weighted by molar-refractivity contribution is -0.793. The van der Waals surface area contributed by atoms with Crippen LogP contribution in [0.5, 0.6) is 0 Å². The first-order valence-corrected chi connectivity index (χ1v) is 4.60. The fraction of sp³-hybridized carbons (Fsp3) is 0.778. The maximum Gasteiger partial charge on any atom is 0.521 e. The summed E-state index contributed by atoms with van der Waals surface area (Å²) in [5.74, 6) is -0.329. The number of methoxy groups -OCH3 is 1. The number of nitrogens with zero attached hydrogens (tertiary/aromatic N) is 1. The SMILES string of the molecule is COC1C[C@@H](C)[N+](C(C)=O)(C(=O)O)C1. The molecular weight excluding hydrogens is 186 g/mol. The van der Waals surface area contributed by atoms with Crippen LogP contribution in [0.4, 0.5) is 4.79 Å². The second kappa shape index (κ2) is 3.67. The van der Waals surface area contributed by atoms with Crippen LogP contribution in [0.3, 0.4) is 0 Å². The van der Waals surface area contributed by atoms with Gasteiger partial charge in [0.1, 0.15) is 18.7 Å². The van der Waals surface area contributed by atoms with E-state index >= 15 is 0 Å². The highest BCUT2D eigenvalue weighted by Crippen LogP contribution is 2.29. The summed E-state index contributed by atoms with van der Waals surface area (Å²) in [4.78, 5) is 22.5. The molecule has 1 N–H and O–H groups in total. The molecular formula is C9H16NO4+. The van der Waals surface area contributed by atoms with Gasteiger partial charge in [-0.05, 0) is 6.92 Å². The van der Waals surface area contributed by atoms with E-state index in [0.717, 1.165) is 0 Å². The minimum Gasteiger partial charge on any atom is -0.435 e. The Labute approximate surface area is 82.9 Å². The summed E-state index contributed by atoms with van der Waals surface area (Å²) in [7, 11) is 1.54. The molecule has 0 aromatic carbocycles. The van der Waals surface area contributed by atoms with Crippen LogP contribution < -0.4 is 0 Å². The van der Waals surface area contributed by atoms with E-state index in [9.17, 15) is 9.59 Å². The maximum absolute atomic E-state index is 11.4. The van der Waals surface area contributed by atoms with Crippen molar-refractivity contribution >= 4 is 12.0 Å². The Hall–Kier alpha value is -0.940. The number of carbonyl (C=O) groups is 2. The van der Waals surface area contributed by atoms with Crippen LogP contribution >= 0.6 is 0 Å². The summed E-state index contributed by atoms with van der Waals surface area (Å²) < 4.78 is 4.60. The molecule has 0 aromatic heterocycles. The first-order chi connectivity index (χ1) is 6.45. The number of ether oxygens (including phenoxy) is 1. The normalized spacial score (nSPS) is 37.1. The minimum absolute atomic E-state index is 0.134. The Morgan fingerprint density at radius 3 is 2.29 bits per heavy atom. The number of carbonyl (C=O) groups excluding carboxylic acids is 1. The van der Waals surface area contributed by atoms with Crippen LogP contribution in [0, 0.1) is 0 Å². The van der Waals surface area contributed by atoms with E-state index in [-0.39, 0.29) is 24.6 Å². The van der Waals surface area contributed by atoms with Gasteiger partial charge in [0.2, 0.25) is 0 Å². The third-order valence-electron chi connectivity index (χ3n) is 3.08. The molecule has 5 heteroatoms. The second-order valence-electron chi connectivity index (χ2n) is 3.80. The number of rotatable bonds is 1. The van der Waals surface area contributed by atoms with Crippen molar-refractivity contribution in [1.82, 2.24) is 0 Å². The Kier molecular flexibility index (Phi) is 2.92. The molecule has 14 heavy (non-hydrogen) atoms. The standard InChI is InChI=1S/C9H15NO4/c1-6-4-8(14-3)5-10(6,7(2)11)9(12)13/h6,8H,4-5H2,1-3H3/p+1/t6-,8?,10?/m1/s1. The van der Waals surface area contributed by atoms with Crippen LogP contribution in [-0.4, -0.2) is 47.4 Å². The van der Waals surface area contributed by atoms with Gasteiger partial charge in [0, 0.05) is 13.5 Å². The highest BCUT2D eigenvalue weighted by Gasteiger charge is 2.54. The molecule has 0 bridgehead atoms. The average Bonchev–Trinajstić information content (AvgIpc) is 2.43. The van der Waals surface area contributed by atoms with E-state index in [0.29, 0.717) is 6.42 Å². The Balaban J connectivity index is 3.00. The highest BCUT2D eigenvalue weighted by molar-refractivity contribution is 5.79. The number of hydrogen-bond acceptors (Lipinski definition) is 3. The number of hydrogen-bond donors (Lipinski definition) is 1. The summed E-state index contributed by atoms with van der Waals surface area (Å²) in [5, 5.41) is 9.11. The number of imide groups is 1. The lowest BCUT2D eigenvalue weighted by Crippen LogP contribution is -2.58. The molecule has 3 atom stereocenters. The summed E-state index contributed by atoms with van der Waals surface area (Å²) in [6, 6.07) is -0.213. The van der Waals surface area contributed by atoms with E-state index in [2.05, 4.69) is 0 Å². The third-order valence-corrected chi connectivity index (χ3v) is 3.08. The lowest BCUT2D eigenvalue weighted by atomic mass is 10.2. The molecule has 0 aliphatic carbocycles. The quantitative estimate of drug-likeness (QED) is 0.640. The molecule has 1 heterocycles. The Bertz CT molecular complexity index is 250. The zero-order chi connectivity index (χ0) is 10.9. The fourth-order valence-electron chi connectivity index (χ4n) is 2.15. The molecule has 1 aliphatic heterocycles. The Morgan fingerprint density at radius 1 is 1.50 bits per heavy atom. The molecule has 80 valence electrons. The van der Waals surface area contributed by atoms with Crippen LogP contribution in [0.15, 0.2) is 0 Å². The summed E-state index contributed by atoms with van der Waals surface area (Å²) in [5.41, 5.74) is 0. The number of quaternary nitrogens is 1. The van der Waals surface area contributed by atoms with Gasteiger partial charge in [-0.3, -0.25) is 0 Å².